The molecule has 0 saturated heterocycles. The molecule has 0 saturated carbocycles. The van der Waals surface area contributed by atoms with Crippen molar-refractivity contribution in [3.8, 4) is 0 Å². The molecular formula is C24H22N4O8S2Zn. The summed E-state index contributed by atoms with van der Waals surface area (Å²) in [6.45, 7) is 0. The van der Waals surface area contributed by atoms with Gasteiger partial charge < -0.3 is 39.3 Å². The second-order valence-corrected chi connectivity index (χ2v) is 9.81. The summed E-state index contributed by atoms with van der Waals surface area (Å²) in [5, 5.41) is 25.1. The van der Waals surface area contributed by atoms with Crippen molar-refractivity contribution in [1.29, 1.82) is 0 Å². The van der Waals surface area contributed by atoms with Gasteiger partial charge >= 0.3 is 19.5 Å². The summed E-state index contributed by atoms with van der Waals surface area (Å²) < 4.78 is 10.8. The third kappa shape index (κ3) is 9.37. The molecule has 2 aromatic heterocycles. The Hall–Kier alpha value is -3.42. The van der Waals surface area contributed by atoms with Gasteiger partial charge in [0.2, 0.25) is 11.8 Å². The van der Waals surface area contributed by atoms with E-state index in [1.807, 2.05) is 0 Å². The predicted octanol–water partition coefficient (Wildman–Crippen LogP) is 0.347. The Labute approximate surface area is 243 Å². The first-order valence-corrected chi connectivity index (χ1v) is 12.8. The Kier molecular flexibility index (Phi) is 12.4. The van der Waals surface area contributed by atoms with Crippen LogP contribution in [0.2, 0.25) is 0 Å². The first-order chi connectivity index (χ1) is 18.2. The van der Waals surface area contributed by atoms with Crippen molar-refractivity contribution in [3.63, 3.8) is 0 Å². The standard InChI is InChI=1S/2C12H12N2O4S.Zn/c2*1-13-10(15)6-9(11(16)17)19-12-14-7-4-2-3-5-8(7)18-12;/h2*2-5,9H,6H2,1H3,(H,13,15)(H,16,17);/q;;+2/p-2. The Bertz CT molecular complexity index is 1270. The first kappa shape index (κ1) is 31.8. The molecule has 2 aromatic carbocycles. The maximum atomic E-state index is 11.2. The number of rotatable bonds is 10. The molecule has 2 atom stereocenters. The largest absolute Gasteiger partial charge is 2.00 e. The number of amides is 2. The van der Waals surface area contributed by atoms with E-state index in [0.717, 1.165) is 23.5 Å². The summed E-state index contributed by atoms with van der Waals surface area (Å²) >= 11 is 1.73. The van der Waals surface area contributed by atoms with Gasteiger partial charge in [-0.3, -0.25) is 9.59 Å². The molecule has 2 N–H and O–H groups in total. The topological polar surface area (TPSA) is 191 Å². The number of carboxylic acids is 2. The van der Waals surface area contributed by atoms with Gasteiger partial charge in [0.25, 0.3) is 10.4 Å². The van der Waals surface area contributed by atoms with Crippen LogP contribution in [0.3, 0.4) is 0 Å². The van der Waals surface area contributed by atoms with Gasteiger partial charge in [0.05, 0.1) is 22.4 Å². The monoisotopic (exact) mass is 622 g/mol. The van der Waals surface area contributed by atoms with E-state index in [0.29, 0.717) is 22.2 Å². The zero-order valence-corrected chi connectivity index (χ0v) is 25.5. The molecule has 0 spiro atoms. The molecule has 200 valence electrons. The van der Waals surface area contributed by atoms with Gasteiger partial charge in [-0.2, -0.15) is 0 Å². The van der Waals surface area contributed by atoms with Crippen LogP contribution in [0, 0.1) is 0 Å². The van der Waals surface area contributed by atoms with Gasteiger partial charge in [-0.15, -0.1) is 0 Å². The summed E-state index contributed by atoms with van der Waals surface area (Å²) in [4.78, 5) is 52.7. The molecule has 12 nitrogen and oxygen atoms in total. The number of hydrogen-bond acceptors (Lipinski definition) is 12. The van der Waals surface area contributed by atoms with E-state index >= 15 is 0 Å². The van der Waals surface area contributed by atoms with E-state index < -0.39 is 22.4 Å². The van der Waals surface area contributed by atoms with Crippen LogP contribution in [-0.4, -0.2) is 58.3 Å². The number of oxazole rings is 2. The molecule has 0 fully saturated rings. The third-order valence-corrected chi connectivity index (χ3v) is 6.90. The molecule has 0 aliphatic heterocycles. The minimum atomic E-state index is -1.32. The predicted molar refractivity (Wildman–Crippen MR) is 135 cm³/mol. The van der Waals surface area contributed by atoms with Gasteiger partial charge in [-0.05, 0) is 24.3 Å². The molecular weight excluding hydrogens is 602 g/mol. The summed E-state index contributed by atoms with van der Waals surface area (Å²) in [6, 6.07) is 14.2. The van der Waals surface area contributed by atoms with Crippen LogP contribution in [0.25, 0.3) is 22.2 Å². The van der Waals surface area contributed by atoms with Crippen LogP contribution >= 0.6 is 23.5 Å². The van der Waals surface area contributed by atoms with Gasteiger partial charge in [0.15, 0.2) is 11.2 Å². The van der Waals surface area contributed by atoms with E-state index in [4.69, 9.17) is 8.83 Å². The Morgan fingerprint density at radius 3 is 1.41 bits per heavy atom. The fraction of sp³-hybridized carbons (Fsp3) is 0.250. The zero-order chi connectivity index (χ0) is 27.7. The van der Waals surface area contributed by atoms with Gasteiger partial charge in [-0.1, -0.05) is 47.8 Å². The van der Waals surface area contributed by atoms with Gasteiger partial charge in [0, 0.05) is 26.9 Å². The number of hydrogen-bond donors (Lipinski definition) is 2. The molecule has 2 amide bonds. The average molecular weight is 624 g/mol. The second-order valence-electron chi connectivity index (χ2n) is 7.50. The van der Waals surface area contributed by atoms with E-state index in [1.54, 1.807) is 48.5 Å². The number of fused-ring (bicyclic) bond motifs is 2. The maximum absolute atomic E-state index is 11.2. The quantitative estimate of drug-likeness (QED) is 0.182. The third-order valence-electron chi connectivity index (χ3n) is 4.86. The summed E-state index contributed by atoms with van der Waals surface area (Å²) in [5.74, 6) is -3.40. The van der Waals surface area contributed by atoms with Crippen LogP contribution in [0.1, 0.15) is 12.8 Å². The molecule has 0 aliphatic carbocycles. The van der Waals surface area contributed by atoms with Crippen LogP contribution in [0.5, 0.6) is 0 Å². The van der Waals surface area contributed by atoms with Crippen molar-refractivity contribution >= 4 is 69.5 Å². The number of nitrogens with zero attached hydrogens (tertiary/aromatic N) is 2. The molecule has 4 rings (SSSR count). The van der Waals surface area contributed by atoms with Crippen LogP contribution < -0.4 is 20.8 Å². The van der Waals surface area contributed by atoms with Crippen LogP contribution in [0.4, 0.5) is 0 Å². The van der Waals surface area contributed by atoms with Gasteiger partial charge in [0.1, 0.15) is 11.0 Å². The van der Waals surface area contributed by atoms with E-state index in [-0.39, 0.29) is 54.6 Å². The van der Waals surface area contributed by atoms with Crippen molar-refractivity contribution in [2.75, 3.05) is 14.1 Å². The average Bonchev–Trinajstić information content (AvgIpc) is 3.50. The summed E-state index contributed by atoms with van der Waals surface area (Å²) in [5.41, 5.74) is 2.42. The summed E-state index contributed by atoms with van der Waals surface area (Å²) in [6.07, 6.45) is -0.384. The zero-order valence-electron chi connectivity index (χ0n) is 20.9. The molecule has 39 heavy (non-hydrogen) atoms. The first-order valence-electron chi connectivity index (χ1n) is 11.1. The number of para-hydroxylation sites is 4. The minimum Gasteiger partial charge on any atom is -0.549 e. The number of thioether (sulfide) groups is 2. The smallest absolute Gasteiger partial charge is 0.549 e. The van der Waals surface area contributed by atoms with Gasteiger partial charge in [-0.25, -0.2) is 9.97 Å². The van der Waals surface area contributed by atoms with E-state index in [1.165, 1.54) is 14.1 Å². The molecule has 2 heterocycles. The number of carbonyl (C=O) groups excluding carboxylic acids is 4. The van der Waals surface area contributed by atoms with Crippen LogP contribution in [0.15, 0.2) is 67.8 Å². The van der Waals surface area contributed by atoms with E-state index in [9.17, 15) is 29.4 Å². The summed E-state index contributed by atoms with van der Waals surface area (Å²) in [7, 11) is 2.89. The molecule has 0 aliphatic rings. The number of nitrogens with one attached hydrogen (secondary N) is 2. The Morgan fingerprint density at radius 2 is 1.10 bits per heavy atom. The number of carbonyl (C=O) groups is 4. The number of aromatic nitrogens is 2. The fourth-order valence-corrected chi connectivity index (χ4v) is 4.66. The fourth-order valence-electron chi connectivity index (χ4n) is 2.93. The number of aliphatic carboxylic acids is 2. The second kappa shape index (κ2) is 15.2. The number of benzene rings is 2. The van der Waals surface area contributed by atoms with Crippen molar-refractivity contribution < 1.29 is 57.7 Å². The molecule has 15 heteroatoms. The molecule has 2 unspecified atom stereocenters. The SMILES string of the molecule is CNC(=O)CC(Sc1nc2ccccc2o1)C(=O)[O-].CNC(=O)CC(Sc1nc2ccccc2o1)C(=O)[O-].[Zn+2]. The van der Waals surface area contributed by atoms with Crippen molar-refractivity contribution in [3.05, 3.63) is 48.5 Å². The van der Waals surface area contributed by atoms with Crippen molar-refractivity contribution in [1.82, 2.24) is 20.6 Å². The van der Waals surface area contributed by atoms with Crippen molar-refractivity contribution in [2.45, 2.75) is 33.8 Å². The molecule has 0 bridgehead atoms. The van der Waals surface area contributed by atoms with E-state index in [2.05, 4.69) is 20.6 Å². The Balaban J connectivity index is 0.000000267. The number of carboxylic acid groups (broad SMARTS) is 2. The minimum absolute atomic E-state index is 0. The maximum Gasteiger partial charge on any atom is 2.00 e. The van der Waals surface area contributed by atoms with Crippen molar-refractivity contribution in [2.24, 2.45) is 0 Å². The Morgan fingerprint density at radius 1 is 0.744 bits per heavy atom. The molecule has 4 aromatic rings. The van der Waals surface area contributed by atoms with Crippen LogP contribution in [-0.2, 0) is 38.7 Å². The molecule has 0 radical (unpaired) electrons. The normalized spacial score (nSPS) is 11.9.